The number of nitrogens with two attached hydrogens (primary N) is 2. The second-order valence-electron chi connectivity index (χ2n) is 7.64. The second kappa shape index (κ2) is 11.6. The highest BCUT2D eigenvalue weighted by atomic mass is 32.2. The Labute approximate surface area is 209 Å². The molecule has 0 amide bonds. The van der Waals surface area contributed by atoms with Crippen molar-refractivity contribution in [1.82, 2.24) is 4.90 Å². The van der Waals surface area contributed by atoms with E-state index in [4.69, 9.17) is 20.7 Å². The fourth-order valence-corrected chi connectivity index (χ4v) is 5.98. The number of nitrogen functional groups attached to an aromatic ring is 2. The molecule has 3 aromatic rings. The first kappa shape index (κ1) is 27.2. The molecule has 0 atom stereocenters. The number of rotatable bonds is 12. The van der Waals surface area contributed by atoms with Gasteiger partial charge >= 0.3 is 0 Å². The van der Waals surface area contributed by atoms with Gasteiger partial charge in [0.25, 0.3) is 10.1 Å². The van der Waals surface area contributed by atoms with E-state index in [-0.39, 0.29) is 27.8 Å². The molecule has 0 bridgehead atoms. The van der Waals surface area contributed by atoms with Gasteiger partial charge in [0.1, 0.15) is 4.90 Å². The maximum atomic E-state index is 12.5. The number of sulfone groups is 1. The summed E-state index contributed by atoms with van der Waals surface area (Å²) in [5, 5.41) is 0.852. The fourth-order valence-electron chi connectivity index (χ4n) is 3.37. The minimum Gasteiger partial charge on any atom is -0.399 e. The van der Waals surface area contributed by atoms with Crippen LogP contribution >= 0.6 is 12.0 Å². The molecule has 10 nitrogen and oxygen atoms in total. The van der Waals surface area contributed by atoms with Crippen LogP contribution in [0.1, 0.15) is 6.92 Å². The summed E-state index contributed by atoms with van der Waals surface area (Å²) in [4.78, 5) is 7.69. The Morgan fingerprint density at radius 3 is 2.34 bits per heavy atom. The summed E-state index contributed by atoms with van der Waals surface area (Å²) in [5.41, 5.74) is 11.8. The van der Waals surface area contributed by atoms with Crippen molar-refractivity contribution in [2.75, 3.05) is 43.5 Å². The minimum absolute atomic E-state index is 0.0342. The molecule has 0 spiro atoms. The largest absolute Gasteiger partial charge is 0.399 e. The Balaban J connectivity index is 1.48. The average Bonchev–Trinajstić information content (AvgIpc) is 2.80. The molecule has 0 aliphatic heterocycles. The number of benzene rings is 3. The Hall–Kier alpha value is -2.39. The van der Waals surface area contributed by atoms with Crippen molar-refractivity contribution >= 4 is 54.1 Å². The molecule has 0 aromatic heterocycles. The van der Waals surface area contributed by atoms with Gasteiger partial charge in [0.05, 0.1) is 35.0 Å². The number of anilines is 2. The van der Waals surface area contributed by atoms with Crippen LogP contribution < -0.4 is 11.5 Å². The van der Waals surface area contributed by atoms with Gasteiger partial charge in [-0.2, -0.15) is 12.8 Å². The highest BCUT2D eigenvalue weighted by Gasteiger charge is 2.18. The Kier molecular flexibility index (Phi) is 8.99. The van der Waals surface area contributed by atoms with E-state index in [9.17, 15) is 21.4 Å². The quantitative estimate of drug-likeness (QED) is 0.0771. The molecule has 13 heteroatoms. The van der Waals surface area contributed by atoms with E-state index in [0.29, 0.717) is 41.0 Å². The molecule has 5 N–H and O–H groups in total. The van der Waals surface area contributed by atoms with Crippen LogP contribution in [-0.2, 0) is 29.2 Å². The van der Waals surface area contributed by atoms with Crippen LogP contribution in [-0.4, -0.2) is 58.3 Å². The fraction of sp³-hybridized carbons (Fsp3) is 0.273. The third-order valence-electron chi connectivity index (χ3n) is 5.26. The summed E-state index contributed by atoms with van der Waals surface area (Å²) < 4.78 is 62.9. The van der Waals surface area contributed by atoms with Crippen LogP contribution in [0.2, 0.25) is 0 Å². The van der Waals surface area contributed by atoms with Gasteiger partial charge in [-0.3, -0.25) is 4.55 Å². The third kappa shape index (κ3) is 7.30. The lowest BCUT2D eigenvalue weighted by atomic mass is 10.1. The molecule has 3 rings (SSSR count). The maximum absolute atomic E-state index is 12.5. The van der Waals surface area contributed by atoms with Gasteiger partial charge in [-0.1, -0.05) is 19.1 Å². The smallest absolute Gasteiger partial charge is 0.297 e. The zero-order chi connectivity index (χ0) is 25.6. The second-order valence-corrected chi connectivity index (χ2v) is 11.9. The Bertz CT molecular complexity index is 1380. The van der Waals surface area contributed by atoms with E-state index in [1.165, 1.54) is 24.3 Å². The molecule has 0 aliphatic rings. The lowest BCUT2D eigenvalue weighted by Crippen LogP contribution is -2.32. The molecule has 190 valence electrons. The number of fused-ring (bicyclic) bond motifs is 1. The predicted molar refractivity (Wildman–Crippen MR) is 136 cm³/mol. The first-order valence-corrected chi connectivity index (χ1v) is 14.4. The van der Waals surface area contributed by atoms with Gasteiger partial charge in [-0.15, -0.1) is 0 Å². The zero-order valence-corrected chi connectivity index (χ0v) is 21.4. The summed E-state index contributed by atoms with van der Waals surface area (Å²) in [5.74, 6) is -0.0342. The van der Waals surface area contributed by atoms with Crippen LogP contribution in [0.3, 0.4) is 0 Å². The van der Waals surface area contributed by atoms with Gasteiger partial charge in [0.2, 0.25) is 0 Å². The van der Waals surface area contributed by atoms with E-state index in [1.54, 1.807) is 30.3 Å². The number of hydrogen-bond donors (Lipinski definition) is 3. The summed E-state index contributed by atoms with van der Waals surface area (Å²) in [6, 6.07) is 14.0. The minimum atomic E-state index is -4.47. The van der Waals surface area contributed by atoms with Crippen molar-refractivity contribution in [3.05, 3.63) is 54.6 Å². The van der Waals surface area contributed by atoms with Crippen molar-refractivity contribution in [2.24, 2.45) is 0 Å². The molecule has 0 saturated carbocycles. The molecular weight excluding hydrogens is 514 g/mol. The number of hydrogen-bond acceptors (Lipinski definition) is 10. The molecule has 3 aromatic carbocycles. The molecular formula is C22H27N3O7S3. The van der Waals surface area contributed by atoms with Crippen LogP contribution in [0.5, 0.6) is 0 Å². The van der Waals surface area contributed by atoms with Crippen LogP contribution in [0.25, 0.3) is 10.8 Å². The Morgan fingerprint density at radius 1 is 0.971 bits per heavy atom. The molecule has 0 aliphatic carbocycles. The molecule has 0 fully saturated rings. The van der Waals surface area contributed by atoms with E-state index in [2.05, 4.69) is 0 Å². The maximum Gasteiger partial charge on any atom is 0.297 e. The topological polar surface area (TPSA) is 162 Å². The molecule has 0 heterocycles. The van der Waals surface area contributed by atoms with Crippen molar-refractivity contribution in [2.45, 2.75) is 21.6 Å². The lowest BCUT2D eigenvalue weighted by molar-refractivity contribution is -0.193. The first-order chi connectivity index (χ1) is 16.5. The first-order valence-electron chi connectivity index (χ1n) is 10.6. The Morgan fingerprint density at radius 2 is 1.69 bits per heavy atom. The van der Waals surface area contributed by atoms with Crippen LogP contribution in [0, 0.1) is 0 Å². The normalized spacial score (nSPS) is 12.4. The van der Waals surface area contributed by atoms with Crippen LogP contribution in [0.15, 0.2) is 69.3 Å². The summed E-state index contributed by atoms with van der Waals surface area (Å²) in [6.07, 6.45) is 0. The van der Waals surface area contributed by atoms with Crippen molar-refractivity contribution in [3.63, 3.8) is 0 Å². The molecule has 0 saturated heterocycles. The highest BCUT2D eigenvalue weighted by Crippen LogP contribution is 2.31. The highest BCUT2D eigenvalue weighted by molar-refractivity contribution is 7.94. The van der Waals surface area contributed by atoms with Crippen molar-refractivity contribution in [3.8, 4) is 0 Å². The molecule has 35 heavy (non-hydrogen) atoms. The van der Waals surface area contributed by atoms with E-state index in [1.807, 2.05) is 11.8 Å². The van der Waals surface area contributed by atoms with E-state index < -0.39 is 20.0 Å². The molecule has 0 radical (unpaired) electrons. The molecule has 0 unspecified atom stereocenters. The van der Waals surface area contributed by atoms with Crippen molar-refractivity contribution < 1.29 is 30.6 Å². The number of nitrogens with zero attached hydrogens (tertiary/aromatic N) is 1. The van der Waals surface area contributed by atoms with Crippen LogP contribution in [0.4, 0.5) is 11.4 Å². The lowest BCUT2D eigenvalue weighted by Gasteiger charge is -2.19. The van der Waals surface area contributed by atoms with Gasteiger partial charge < -0.3 is 16.4 Å². The van der Waals surface area contributed by atoms with Gasteiger partial charge in [0, 0.05) is 29.1 Å². The SMILES string of the molecule is CCN(CCOOSc1ccc2c(S(=O)(=O)O)c(N)ccc2c1)CCS(=O)(=O)c1ccc(N)cc1. The predicted octanol–water partition coefficient (Wildman–Crippen LogP) is 3.00. The monoisotopic (exact) mass is 541 g/mol. The van der Waals surface area contributed by atoms with Gasteiger partial charge in [-0.25, -0.2) is 13.3 Å². The average molecular weight is 542 g/mol. The standard InChI is InChI=1S/C22H27N3O7S3/c1-2-25(12-14-34(26,27)19-7-4-17(23)5-8-19)11-13-31-32-33-18-6-9-20-16(15-18)3-10-21(24)22(20)35(28,29)30/h3-10,15H,2,11-14,23-24H2,1H3,(H,28,29,30). The van der Waals surface area contributed by atoms with E-state index in [0.717, 1.165) is 12.0 Å². The van der Waals surface area contributed by atoms with E-state index >= 15 is 0 Å². The van der Waals surface area contributed by atoms with Gasteiger partial charge in [0.15, 0.2) is 9.84 Å². The zero-order valence-electron chi connectivity index (χ0n) is 19.0. The third-order valence-corrected chi connectivity index (χ3v) is 8.55. The number of likely N-dealkylation sites (N-methyl/N-ethyl adjacent to an activating group) is 1. The summed E-state index contributed by atoms with van der Waals surface area (Å²) in [7, 11) is -7.90. The van der Waals surface area contributed by atoms with Gasteiger partial charge in [-0.05, 0) is 54.4 Å². The summed E-state index contributed by atoms with van der Waals surface area (Å²) in [6.45, 7) is 3.57. The van der Waals surface area contributed by atoms with Crippen molar-refractivity contribution in [1.29, 1.82) is 0 Å². The summed E-state index contributed by atoms with van der Waals surface area (Å²) >= 11 is 0.938.